The molecule has 1 fully saturated rings. The third kappa shape index (κ3) is 5.52. The Kier molecular flexibility index (Phi) is 7.23. The van der Waals surface area contributed by atoms with Crippen molar-refractivity contribution in [3.05, 3.63) is 64.0 Å². The predicted octanol–water partition coefficient (Wildman–Crippen LogP) is 6.11. The number of hydrogen-bond acceptors (Lipinski definition) is 5. The number of esters is 1. The van der Waals surface area contributed by atoms with Crippen LogP contribution in [0.2, 0.25) is 4.34 Å². The van der Waals surface area contributed by atoms with Crippen molar-refractivity contribution in [3.63, 3.8) is 0 Å². The number of halogens is 1. The number of rotatable bonds is 9. The molecule has 35 heavy (non-hydrogen) atoms. The van der Waals surface area contributed by atoms with Gasteiger partial charge in [0, 0.05) is 16.2 Å². The Hall–Kier alpha value is -2.48. The van der Waals surface area contributed by atoms with Gasteiger partial charge in [0.2, 0.25) is 5.91 Å². The molecule has 3 aromatic rings. The molecule has 2 N–H and O–H groups in total. The number of amides is 1. The van der Waals surface area contributed by atoms with Crippen LogP contribution in [0, 0.1) is 0 Å². The van der Waals surface area contributed by atoms with Gasteiger partial charge in [-0.25, -0.2) is 10.0 Å². The lowest BCUT2D eigenvalue weighted by atomic mass is 9.93. The minimum Gasteiger partial charge on any atom is -0.496 e. The topological polar surface area (TPSA) is 78.6 Å². The molecule has 0 saturated heterocycles. The van der Waals surface area contributed by atoms with Crippen LogP contribution in [0.15, 0.2) is 48.5 Å². The molecule has 5 nitrogen and oxygen atoms in total. The number of nitrogens with two attached hydrogens (primary N) is 1. The molecule has 4 rings (SSSR count). The maximum absolute atomic E-state index is 12.8. The van der Waals surface area contributed by atoms with Gasteiger partial charge in [0.05, 0.1) is 29.0 Å². The average molecular weight is 532 g/mol. The summed E-state index contributed by atoms with van der Waals surface area (Å²) in [6.45, 7) is 0.480. The zero-order valence-electron chi connectivity index (χ0n) is 20.4. The lowest BCUT2D eigenvalue weighted by Crippen LogP contribution is -2.25. The number of ether oxygens (including phenoxy) is 2. The first kappa shape index (κ1) is 25.6. The summed E-state index contributed by atoms with van der Waals surface area (Å²) in [5.74, 6) is 0.951. The quantitative estimate of drug-likeness (QED) is 0.338. The van der Waals surface area contributed by atoms with Crippen molar-refractivity contribution in [3.8, 4) is 27.3 Å². The number of benzene rings is 2. The summed E-state index contributed by atoms with van der Waals surface area (Å²) in [4.78, 5) is 25.4. The van der Waals surface area contributed by atoms with Gasteiger partial charge in [-0.2, -0.15) is 0 Å². The van der Waals surface area contributed by atoms with Crippen molar-refractivity contribution in [2.45, 2.75) is 18.3 Å². The summed E-state index contributed by atoms with van der Waals surface area (Å²) in [5.41, 5.74) is 9.08. The van der Waals surface area contributed by atoms with Crippen LogP contribution in [0.3, 0.4) is 0 Å². The number of hydrogen-bond donors (Lipinski definition) is 1. The van der Waals surface area contributed by atoms with Gasteiger partial charge in [0.15, 0.2) is 0 Å². The highest BCUT2D eigenvalue weighted by Crippen LogP contribution is 2.50. The maximum atomic E-state index is 12.8. The molecule has 1 aromatic heterocycles. The molecule has 0 radical (unpaired) electrons. The molecule has 0 atom stereocenters. The van der Waals surface area contributed by atoms with E-state index < -0.39 is 21.4 Å². The third-order valence-corrected chi connectivity index (χ3v) is 8.95. The highest BCUT2D eigenvalue weighted by molar-refractivity contribution is 8.32. The molecular weight excluding hydrogens is 502 g/mol. The molecule has 1 aliphatic rings. The van der Waals surface area contributed by atoms with Crippen LogP contribution in [0.4, 0.5) is 0 Å². The second-order valence-corrected chi connectivity index (χ2v) is 15.9. The van der Waals surface area contributed by atoms with Crippen molar-refractivity contribution >= 4 is 44.8 Å². The summed E-state index contributed by atoms with van der Waals surface area (Å²) in [6.07, 6.45) is 8.30. The summed E-state index contributed by atoms with van der Waals surface area (Å²) in [7, 11) is 0.916. The fourth-order valence-corrected chi connectivity index (χ4v) is 5.87. The lowest BCUT2D eigenvalue weighted by Gasteiger charge is -2.25. The van der Waals surface area contributed by atoms with E-state index >= 15 is 0 Å². The Morgan fingerprint density at radius 3 is 2.29 bits per heavy atom. The Morgan fingerprint density at radius 1 is 1.06 bits per heavy atom. The molecule has 1 heterocycles. The monoisotopic (exact) mass is 531 g/mol. The molecule has 8 heteroatoms. The van der Waals surface area contributed by atoms with Crippen LogP contribution in [-0.2, 0) is 14.9 Å². The summed E-state index contributed by atoms with van der Waals surface area (Å²) in [6, 6.07) is 15.4. The van der Waals surface area contributed by atoms with Gasteiger partial charge in [0.1, 0.15) is 5.75 Å². The van der Waals surface area contributed by atoms with Gasteiger partial charge in [-0.05, 0) is 60.4 Å². The number of primary amides is 1. The number of methoxy groups -OCH3 is 1. The molecule has 186 valence electrons. The van der Waals surface area contributed by atoms with E-state index in [0.29, 0.717) is 27.1 Å². The van der Waals surface area contributed by atoms with Crippen LogP contribution in [0.1, 0.15) is 28.8 Å². The van der Waals surface area contributed by atoms with E-state index in [1.165, 1.54) is 11.3 Å². The number of thiophene rings is 1. The molecule has 2 aromatic carbocycles. The fraction of sp³-hybridized carbons (Fsp3) is 0.333. The van der Waals surface area contributed by atoms with Crippen molar-refractivity contribution < 1.29 is 19.1 Å². The van der Waals surface area contributed by atoms with Crippen molar-refractivity contribution in [2.24, 2.45) is 5.73 Å². The molecule has 1 saturated carbocycles. The van der Waals surface area contributed by atoms with Crippen molar-refractivity contribution in [1.82, 2.24) is 0 Å². The average Bonchev–Trinajstić information content (AvgIpc) is 3.53. The normalized spacial score (nSPS) is 14.9. The standard InChI is InChI=1S/C27H30ClNO4S2/c1-32-22-15-18(24-21(25(29)30)16-23(28)34-24)7-10-20(22)17-5-8-19(9-6-17)27(11-12-27)26(31)33-13-14-35(2,3)4/h5-10,15-16H,11-14H2,1-4H3,(H2,29,30). The first-order chi connectivity index (χ1) is 16.5. The Morgan fingerprint density at radius 2 is 1.71 bits per heavy atom. The van der Waals surface area contributed by atoms with Gasteiger partial charge < -0.3 is 15.2 Å². The fourth-order valence-electron chi connectivity index (χ4n) is 4.06. The second-order valence-electron chi connectivity index (χ2n) is 9.66. The SMILES string of the molecule is COc1cc(-c2sc(Cl)cc2C(N)=O)ccc1-c1ccc(C2(C(=O)OCCS(C)(C)C)CC2)cc1. The zero-order valence-corrected chi connectivity index (χ0v) is 22.7. The largest absolute Gasteiger partial charge is 0.496 e. The van der Waals surface area contributed by atoms with Crippen LogP contribution in [0.25, 0.3) is 21.6 Å². The van der Waals surface area contributed by atoms with Gasteiger partial charge in [-0.1, -0.05) is 48.0 Å². The van der Waals surface area contributed by atoms with E-state index in [0.717, 1.165) is 40.8 Å². The van der Waals surface area contributed by atoms with Crippen LogP contribution < -0.4 is 10.5 Å². The second kappa shape index (κ2) is 9.88. The minimum atomic E-state index is -0.697. The van der Waals surface area contributed by atoms with Crippen molar-refractivity contribution in [1.29, 1.82) is 0 Å². The summed E-state index contributed by atoms with van der Waals surface area (Å²) >= 11 is 7.44. The Bertz CT molecular complexity index is 1260. The molecule has 1 amide bonds. The van der Waals surface area contributed by atoms with E-state index in [4.69, 9.17) is 26.8 Å². The van der Waals surface area contributed by atoms with Crippen LogP contribution in [-0.4, -0.2) is 50.1 Å². The first-order valence-corrected chi connectivity index (χ1v) is 15.5. The van der Waals surface area contributed by atoms with Gasteiger partial charge in [-0.3, -0.25) is 9.59 Å². The third-order valence-electron chi connectivity index (χ3n) is 6.25. The Balaban J connectivity index is 1.56. The first-order valence-electron chi connectivity index (χ1n) is 11.3. The number of carbonyl (C=O) groups excluding carboxylic acids is 2. The van der Waals surface area contributed by atoms with E-state index in [-0.39, 0.29) is 5.97 Å². The van der Waals surface area contributed by atoms with E-state index in [1.807, 2.05) is 42.5 Å². The van der Waals surface area contributed by atoms with Crippen LogP contribution >= 0.6 is 33.0 Å². The molecule has 1 aliphatic carbocycles. The lowest BCUT2D eigenvalue weighted by molar-refractivity contribution is -0.146. The van der Waals surface area contributed by atoms with Crippen molar-refractivity contribution in [2.75, 3.05) is 38.2 Å². The van der Waals surface area contributed by atoms with Gasteiger partial charge in [0.25, 0.3) is 0 Å². The molecule has 0 bridgehead atoms. The molecular formula is C27H30ClNO4S2. The van der Waals surface area contributed by atoms with Gasteiger partial charge >= 0.3 is 5.97 Å². The van der Waals surface area contributed by atoms with Crippen LogP contribution in [0.5, 0.6) is 5.75 Å². The predicted molar refractivity (Wildman–Crippen MR) is 147 cm³/mol. The highest BCUT2D eigenvalue weighted by Gasteiger charge is 2.52. The smallest absolute Gasteiger partial charge is 0.316 e. The Labute approximate surface area is 216 Å². The van der Waals surface area contributed by atoms with Gasteiger partial charge in [-0.15, -0.1) is 11.3 Å². The molecule has 0 aliphatic heterocycles. The summed E-state index contributed by atoms with van der Waals surface area (Å²) < 4.78 is 11.8. The van der Waals surface area contributed by atoms with E-state index in [2.05, 4.69) is 18.8 Å². The molecule has 0 unspecified atom stereocenters. The molecule has 0 spiro atoms. The number of carbonyl (C=O) groups is 2. The minimum absolute atomic E-state index is 0.115. The van der Waals surface area contributed by atoms with E-state index in [1.54, 1.807) is 13.2 Å². The zero-order chi connectivity index (χ0) is 25.4. The highest BCUT2D eigenvalue weighted by atomic mass is 35.5. The van der Waals surface area contributed by atoms with E-state index in [9.17, 15) is 9.59 Å². The summed E-state index contributed by atoms with van der Waals surface area (Å²) in [5, 5.41) is 0. The maximum Gasteiger partial charge on any atom is 0.316 e.